The van der Waals surface area contributed by atoms with Gasteiger partial charge in [-0.2, -0.15) is 0 Å². The fraction of sp³-hybridized carbons (Fsp3) is 0. The quantitative estimate of drug-likeness (QED) is 0.623. The van der Waals surface area contributed by atoms with Gasteiger partial charge in [0.05, 0.1) is 11.1 Å². The van der Waals surface area contributed by atoms with Crippen LogP contribution < -0.4 is 0 Å². The van der Waals surface area contributed by atoms with Gasteiger partial charge in [0.25, 0.3) is 0 Å². The lowest BCUT2D eigenvalue weighted by Gasteiger charge is -1.91. The summed E-state index contributed by atoms with van der Waals surface area (Å²) in [6.45, 7) is 0. The average molecular weight is 275 g/mol. The summed E-state index contributed by atoms with van der Waals surface area (Å²) in [7, 11) is 0. The Labute approximate surface area is 90.7 Å². The number of hydrogen-bond acceptors (Lipinski definition) is 5. The van der Waals surface area contributed by atoms with Crippen LogP contribution in [0, 0.1) is 10.1 Å². The van der Waals surface area contributed by atoms with E-state index in [1.807, 2.05) is 0 Å². The summed E-state index contributed by atoms with van der Waals surface area (Å²) in [6, 6.07) is 0. The molecule has 14 heavy (non-hydrogen) atoms. The second kappa shape index (κ2) is 3.50. The first-order valence-electron chi connectivity index (χ1n) is 3.51. The molecular formula is C7H3BrN2O3S. The van der Waals surface area contributed by atoms with Crippen LogP contribution in [-0.4, -0.2) is 9.91 Å². The molecular weight excluding hydrogens is 272 g/mol. The predicted octanol–water partition coefficient (Wildman–Crippen LogP) is 3.07. The zero-order chi connectivity index (χ0) is 10.1. The molecule has 2 rings (SSSR count). The van der Waals surface area contributed by atoms with E-state index in [0.717, 1.165) is 11.3 Å². The molecule has 2 aromatic rings. The highest BCUT2D eigenvalue weighted by Gasteiger charge is 2.24. The minimum Gasteiger partial charge on any atom is -0.444 e. The van der Waals surface area contributed by atoms with Gasteiger partial charge in [-0.3, -0.25) is 10.1 Å². The molecule has 2 heterocycles. The van der Waals surface area contributed by atoms with Gasteiger partial charge in [-0.25, -0.2) is 4.98 Å². The number of thiophene rings is 1. The first-order chi connectivity index (χ1) is 6.70. The number of oxazole rings is 1. The van der Waals surface area contributed by atoms with Crippen molar-refractivity contribution in [2.24, 2.45) is 0 Å². The summed E-state index contributed by atoms with van der Waals surface area (Å²) in [5.74, 6) is 0.254. The van der Waals surface area contributed by atoms with E-state index in [2.05, 4.69) is 20.9 Å². The van der Waals surface area contributed by atoms with Crippen molar-refractivity contribution < 1.29 is 9.34 Å². The molecule has 0 radical (unpaired) electrons. The zero-order valence-electron chi connectivity index (χ0n) is 6.64. The third kappa shape index (κ3) is 1.44. The SMILES string of the molecule is O=[N+]([O-])c1scc(Br)c1-c1ncco1. The molecule has 2 aromatic heterocycles. The fourth-order valence-corrected chi connectivity index (χ4v) is 2.51. The Bertz CT molecular complexity index is 465. The van der Waals surface area contributed by atoms with E-state index in [1.54, 1.807) is 5.38 Å². The maximum Gasteiger partial charge on any atom is 0.337 e. The van der Waals surface area contributed by atoms with Gasteiger partial charge < -0.3 is 4.42 Å². The van der Waals surface area contributed by atoms with Gasteiger partial charge in [0.1, 0.15) is 11.8 Å². The summed E-state index contributed by atoms with van der Waals surface area (Å²) in [6.07, 6.45) is 2.83. The Balaban J connectivity index is 2.62. The van der Waals surface area contributed by atoms with Crippen molar-refractivity contribution in [2.75, 3.05) is 0 Å². The third-order valence-corrected chi connectivity index (χ3v) is 3.40. The second-order valence-electron chi connectivity index (χ2n) is 2.36. The molecule has 0 N–H and O–H groups in total. The summed E-state index contributed by atoms with van der Waals surface area (Å²) >= 11 is 4.25. The number of aromatic nitrogens is 1. The predicted molar refractivity (Wildman–Crippen MR) is 54.2 cm³/mol. The molecule has 0 amide bonds. The highest BCUT2D eigenvalue weighted by Crippen LogP contribution is 2.40. The molecule has 0 fully saturated rings. The van der Waals surface area contributed by atoms with E-state index in [1.165, 1.54) is 12.5 Å². The van der Waals surface area contributed by atoms with Gasteiger partial charge in [-0.1, -0.05) is 11.3 Å². The van der Waals surface area contributed by atoms with Gasteiger partial charge in [0, 0.05) is 9.85 Å². The van der Waals surface area contributed by atoms with Crippen molar-refractivity contribution in [3.63, 3.8) is 0 Å². The Kier molecular flexibility index (Phi) is 2.34. The Morgan fingerprint density at radius 1 is 1.64 bits per heavy atom. The first kappa shape index (κ1) is 9.35. The summed E-state index contributed by atoms with van der Waals surface area (Å²) in [5, 5.41) is 12.3. The number of nitrogens with zero attached hydrogens (tertiary/aromatic N) is 2. The van der Waals surface area contributed by atoms with E-state index in [4.69, 9.17) is 4.42 Å². The maximum absolute atomic E-state index is 10.7. The van der Waals surface area contributed by atoms with Crippen molar-refractivity contribution in [1.29, 1.82) is 0 Å². The Hall–Kier alpha value is -1.21. The molecule has 0 aromatic carbocycles. The van der Waals surface area contributed by atoms with Gasteiger partial charge >= 0.3 is 5.00 Å². The van der Waals surface area contributed by atoms with E-state index < -0.39 is 4.92 Å². The van der Waals surface area contributed by atoms with Crippen LogP contribution in [0.15, 0.2) is 26.7 Å². The van der Waals surface area contributed by atoms with E-state index in [0.29, 0.717) is 10.0 Å². The molecule has 72 valence electrons. The number of rotatable bonds is 2. The first-order valence-corrected chi connectivity index (χ1v) is 5.18. The summed E-state index contributed by atoms with van der Waals surface area (Å²) < 4.78 is 5.63. The van der Waals surface area contributed by atoms with Crippen LogP contribution in [0.25, 0.3) is 11.5 Å². The lowest BCUT2D eigenvalue weighted by Crippen LogP contribution is -1.87. The van der Waals surface area contributed by atoms with Crippen molar-refractivity contribution in [1.82, 2.24) is 4.98 Å². The molecule has 0 atom stereocenters. The highest BCUT2D eigenvalue weighted by atomic mass is 79.9. The van der Waals surface area contributed by atoms with Gasteiger partial charge in [-0.05, 0) is 15.9 Å². The van der Waals surface area contributed by atoms with E-state index >= 15 is 0 Å². The van der Waals surface area contributed by atoms with Crippen molar-refractivity contribution in [3.05, 3.63) is 32.4 Å². The molecule has 0 spiro atoms. The van der Waals surface area contributed by atoms with Crippen molar-refractivity contribution in [3.8, 4) is 11.5 Å². The fourth-order valence-electron chi connectivity index (χ4n) is 1.00. The number of nitro groups is 1. The van der Waals surface area contributed by atoms with Crippen LogP contribution in [0.4, 0.5) is 5.00 Å². The van der Waals surface area contributed by atoms with Crippen LogP contribution in [0.1, 0.15) is 0 Å². The standard InChI is InChI=1S/C7H3BrN2O3S/c8-4-3-14-7(10(11)12)5(4)6-9-1-2-13-6/h1-3H. The lowest BCUT2D eigenvalue weighted by molar-refractivity contribution is -0.379. The molecule has 5 nitrogen and oxygen atoms in total. The van der Waals surface area contributed by atoms with Crippen LogP contribution >= 0.6 is 27.3 Å². The molecule has 0 saturated carbocycles. The smallest absolute Gasteiger partial charge is 0.337 e. The lowest BCUT2D eigenvalue weighted by atomic mass is 10.3. The average Bonchev–Trinajstić information content (AvgIpc) is 2.71. The van der Waals surface area contributed by atoms with Crippen molar-refractivity contribution in [2.45, 2.75) is 0 Å². The van der Waals surface area contributed by atoms with E-state index in [-0.39, 0.29) is 10.9 Å². The zero-order valence-corrected chi connectivity index (χ0v) is 9.04. The van der Waals surface area contributed by atoms with Crippen LogP contribution in [0.5, 0.6) is 0 Å². The topological polar surface area (TPSA) is 69.2 Å². The molecule has 0 aliphatic heterocycles. The minimum atomic E-state index is -0.449. The van der Waals surface area contributed by atoms with E-state index in [9.17, 15) is 10.1 Å². The monoisotopic (exact) mass is 274 g/mol. The molecule has 7 heteroatoms. The Morgan fingerprint density at radius 2 is 2.43 bits per heavy atom. The van der Waals surface area contributed by atoms with Gasteiger partial charge in [0.15, 0.2) is 0 Å². The second-order valence-corrected chi connectivity index (χ2v) is 4.07. The van der Waals surface area contributed by atoms with Gasteiger partial charge in [0.2, 0.25) is 5.89 Å². The largest absolute Gasteiger partial charge is 0.444 e. The molecule has 0 aliphatic rings. The normalized spacial score (nSPS) is 10.4. The third-order valence-electron chi connectivity index (χ3n) is 1.54. The molecule has 0 aliphatic carbocycles. The van der Waals surface area contributed by atoms with Crippen LogP contribution in [-0.2, 0) is 0 Å². The maximum atomic E-state index is 10.7. The molecule has 0 saturated heterocycles. The minimum absolute atomic E-state index is 0.0272. The summed E-state index contributed by atoms with van der Waals surface area (Å²) in [4.78, 5) is 14.1. The van der Waals surface area contributed by atoms with Gasteiger partial charge in [-0.15, -0.1) is 0 Å². The van der Waals surface area contributed by atoms with Crippen LogP contribution in [0.2, 0.25) is 0 Å². The number of hydrogen-bond donors (Lipinski definition) is 0. The molecule has 0 bridgehead atoms. The van der Waals surface area contributed by atoms with Crippen LogP contribution in [0.3, 0.4) is 0 Å². The number of halogens is 1. The highest BCUT2D eigenvalue weighted by molar-refractivity contribution is 9.10. The van der Waals surface area contributed by atoms with Crippen molar-refractivity contribution >= 4 is 32.3 Å². The summed E-state index contributed by atoms with van der Waals surface area (Å²) in [5.41, 5.74) is 0.394. The molecule has 0 unspecified atom stereocenters. The Morgan fingerprint density at radius 3 is 3.00 bits per heavy atom.